The van der Waals surface area contributed by atoms with Crippen molar-refractivity contribution < 1.29 is 18.3 Å². The summed E-state index contributed by atoms with van der Waals surface area (Å²) in [5, 5.41) is 21.9. The summed E-state index contributed by atoms with van der Waals surface area (Å²) >= 11 is 5.89. The Morgan fingerprint density at radius 3 is 1.98 bits per heavy atom. The molecular weight excluding hydrogens is 602 g/mol. The van der Waals surface area contributed by atoms with Gasteiger partial charge in [-0.15, -0.1) is 0 Å². The zero-order valence-corrected chi connectivity index (χ0v) is 25.3. The molecule has 5 N–H and O–H groups in total. The predicted molar refractivity (Wildman–Crippen MR) is 169 cm³/mol. The van der Waals surface area contributed by atoms with Crippen LogP contribution in [0.2, 0.25) is 5.15 Å². The molecule has 2 aromatic carbocycles. The minimum Gasteiger partial charge on any atom is -0.495 e. The van der Waals surface area contributed by atoms with Gasteiger partial charge >= 0.3 is 0 Å². The van der Waals surface area contributed by atoms with E-state index in [1.54, 1.807) is 20.3 Å². The topological polar surface area (TPSA) is 147 Å². The number of hydrogen-bond acceptors (Lipinski definition) is 9. The number of H-pyrrole nitrogens is 1. The maximum atomic E-state index is 14.4. The third-order valence-corrected chi connectivity index (χ3v) is 8.28. The van der Waals surface area contributed by atoms with Crippen LogP contribution in [0.3, 0.4) is 0 Å². The van der Waals surface area contributed by atoms with Crippen molar-refractivity contribution in [1.29, 1.82) is 5.26 Å². The molecule has 45 heavy (non-hydrogen) atoms. The predicted octanol–water partition coefficient (Wildman–Crippen LogP) is 6.91. The number of fused-ring (bicyclic) bond motifs is 3. The first-order valence-electron chi connectivity index (χ1n) is 14.3. The van der Waals surface area contributed by atoms with Gasteiger partial charge in [0, 0.05) is 0 Å². The van der Waals surface area contributed by atoms with E-state index in [1.807, 2.05) is 18.2 Å². The quantitative estimate of drug-likeness (QED) is 0.147. The number of anilines is 5. The molecule has 0 aliphatic heterocycles. The van der Waals surface area contributed by atoms with Gasteiger partial charge in [-0.3, -0.25) is 5.10 Å². The summed E-state index contributed by atoms with van der Waals surface area (Å²) in [7, 11) is 3.17. The van der Waals surface area contributed by atoms with Gasteiger partial charge in [0.2, 0.25) is 0 Å². The number of halogens is 3. The van der Waals surface area contributed by atoms with Gasteiger partial charge in [-0.25, -0.2) is 18.7 Å². The van der Waals surface area contributed by atoms with Crippen LogP contribution < -0.4 is 25.8 Å². The lowest BCUT2D eigenvalue weighted by atomic mass is 10.1. The number of hydrogen-bond donors (Lipinski definition) is 4. The van der Waals surface area contributed by atoms with Gasteiger partial charge in [0.1, 0.15) is 28.5 Å². The molecule has 0 unspecified atom stereocenters. The van der Waals surface area contributed by atoms with Crippen molar-refractivity contribution in [3.05, 3.63) is 81.0 Å². The van der Waals surface area contributed by atoms with E-state index in [1.165, 1.54) is 17.2 Å². The summed E-state index contributed by atoms with van der Waals surface area (Å²) in [5.74, 6) is 0.596. The SMILES string of the molecule is COc1ccc2c(c1Nc1nc(Cl)c(C#N)cc1F)CCC2.COc1ccc2c(c1Nc1nc3n[nH]c(N)c3cc1F)CCC2. The van der Waals surface area contributed by atoms with Crippen LogP contribution in [0, 0.1) is 23.0 Å². The van der Waals surface area contributed by atoms with Crippen LogP contribution in [0.1, 0.15) is 40.7 Å². The smallest absolute Gasteiger partial charge is 0.185 e. The lowest BCUT2D eigenvalue weighted by Gasteiger charge is -2.16. The van der Waals surface area contributed by atoms with Gasteiger partial charge in [-0.05, 0) is 85.0 Å². The second kappa shape index (κ2) is 12.5. The standard InChI is InChI=1S/C16H13ClFN3O.C16H16FN5O/c1-22-13-6-5-9-3-2-4-11(9)14(13)20-16-12(18)7-10(8-19)15(17)21-16;1-23-12-6-5-8-3-2-4-9(8)13(12)19-16-11(17)7-10-14(18)21-22-15(10)20-16/h5-7H,2-4H2,1H3,(H,20,21);5-7H,2-4H2,1H3,(H4,18,19,20,21,22). The van der Waals surface area contributed by atoms with E-state index < -0.39 is 11.6 Å². The van der Waals surface area contributed by atoms with Crippen molar-refractivity contribution in [3.63, 3.8) is 0 Å². The van der Waals surface area contributed by atoms with E-state index in [-0.39, 0.29) is 22.4 Å². The Kier molecular flexibility index (Phi) is 8.28. The average molecular weight is 631 g/mol. The van der Waals surface area contributed by atoms with Crippen molar-refractivity contribution in [1.82, 2.24) is 20.2 Å². The maximum absolute atomic E-state index is 14.4. The number of aryl methyl sites for hydroxylation is 2. The van der Waals surface area contributed by atoms with Gasteiger partial charge in [0.05, 0.1) is 36.5 Å². The zero-order chi connectivity index (χ0) is 31.7. The van der Waals surface area contributed by atoms with Gasteiger partial charge in [-0.2, -0.15) is 10.4 Å². The van der Waals surface area contributed by atoms with Gasteiger partial charge < -0.3 is 25.8 Å². The van der Waals surface area contributed by atoms with E-state index in [9.17, 15) is 8.78 Å². The molecule has 0 radical (unpaired) electrons. The molecule has 3 aromatic heterocycles. The first kappa shape index (κ1) is 29.9. The number of rotatable bonds is 6. The largest absolute Gasteiger partial charge is 0.495 e. The molecule has 0 saturated carbocycles. The first-order valence-corrected chi connectivity index (χ1v) is 14.7. The monoisotopic (exact) mass is 630 g/mol. The third-order valence-electron chi connectivity index (χ3n) is 7.99. The fraction of sp³-hybridized carbons (Fsp3) is 0.250. The normalized spacial score (nSPS) is 13.0. The summed E-state index contributed by atoms with van der Waals surface area (Å²) in [6.45, 7) is 0. The van der Waals surface area contributed by atoms with E-state index >= 15 is 0 Å². The molecule has 0 saturated heterocycles. The minimum absolute atomic E-state index is 0.00923. The summed E-state index contributed by atoms with van der Waals surface area (Å²) in [6, 6.07) is 12.1. The lowest BCUT2D eigenvalue weighted by molar-refractivity contribution is 0.416. The van der Waals surface area contributed by atoms with E-state index in [4.69, 9.17) is 32.1 Å². The summed E-state index contributed by atoms with van der Waals surface area (Å²) in [6.07, 6.45) is 6.01. The number of nitrogen functional groups attached to an aromatic ring is 1. The fourth-order valence-corrected chi connectivity index (χ4v) is 5.98. The van der Waals surface area contributed by atoms with Gasteiger partial charge in [0.15, 0.2) is 28.9 Å². The van der Waals surface area contributed by atoms with E-state index in [2.05, 4.69) is 36.9 Å². The van der Waals surface area contributed by atoms with Gasteiger partial charge in [-0.1, -0.05) is 23.7 Å². The molecule has 0 bridgehead atoms. The molecule has 0 spiro atoms. The Bertz CT molecular complexity index is 1970. The Hall–Kier alpha value is -5.15. The number of benzene rings is 2. The van der Waals surface area contributed by atoms with Crippen molar-refractivity contribution in [2.24, 2.45) is 0 Å². The number of nitrogens with one attached hydrogen (secondary N) is 3. The number of aromatic amines is 1. The number of nitrogens with two attached hydrogens (primary N) is 1. The van der Waals surface area contributed by atoms with Crippen LogP contribution >= 0.6 is 11.6 Å². The molecule has 0 fully saturated rings. The number of ether oxygens (including phenoxy) is 2. The van der Waals surface area contributed by atoms with Crippen LogP contribution in [-0.4, -0.2) is 34.4 Å². The second-order valence-electron chi connectivity index (χ2n) is 10.6. The number of pyridine rings is 2. The molecule has 10 nitrogen and oxygen atoms in total. The van der Waals surface area contributed by atoms with Crippen molar-refractivity contribution in [2.45, 2.75) is 38.5 Å². The number of aromatic nitrogens is 4. The first-order chi connectivity index (χ1) is 21.8. The zero-order valence-electron chi connectivity index (χ0n) is 24.5. The summed E-state index contributed by atoms with van der Waals surface area (Å²) in [5.41, 5.74) is 12.3. The number of nitriles is 1. The van der Waals surface area contributed by atoms with Crippen LogP contribution in [-0.2, 0) is 25.7 Å². The van der Waals surface area contributed by atoms with Crippen LogP contribution in [0.25, 0.3) is 11.0 Å². The number of nitrogens with zero attached hydrogens (tertiary/aromatic N) is 4. The average Bonchev–Trinajstić information content (AvgIpc) is 3.80. The highest BCUT2D eigenvalue weighted by molar-refractivity contribution is 6.30. The molecular formula is C32H29ClF2N8O2. The minimum atomic E-state index is -0.626. The number of methoxy groups -OCH3 is 2. The van der Waals surface area contributed by atoms with Crippen molar-refractivity contribution >= 4 is 51.5 Å². The van der Waals surface area contributed by atoms with Crippen LogP contribution in [0.5, 0.6) is 11.5 Å². The molecule has 5 aromatic rings. The van der Waals surface area contributed by atoms with E-state index in [0.717, 1.165) is 61.4 Å². The fourth-order valence-electron chi connectivity index (χ4n) is 5.80. The summed E-state index contributed by atoms with van der Waals surface area (Å²) < 4.78 is 39.3. The van der Waals surface area contributed by atoms with Crippen molar-refractivity contribution in [2.75, 3.05) is 30.6 Å². The Labute approximate surface area is 262 Å². The highest BCUT2D eigenvalue weighted by Crippen LogP contribution is 2.40. The Balaban J connectivity index is 0.000000159. The Morgan fingerprint density at radius 2 is 1.42 bits per heavy atom. The molecule has 2 aliphatic carbocycles. The molecule has 230 valence electrons. The molecule has 3 heterocycles. The highest BCUT2D eigenvalue weighted by Gasteiger charge is 2.22. The van der Waals surface area contributed by atoms with Crippen molar-refractivity contribution in [3.8, 4) is 17.6 Å². The molecule has 2 aliphatic rings. The highest BCUT2D eigenvalue weighted by atomic mass is 35.5. The second-order valence-corrected chi connectivity index (χ2v) is 11.0. The van der Waals surface area contributed by atoms with Crippen LogP contribution in [0.4, 0.5) is 37.6 Å². The Morgan fingerprint density at radius 1 is 0.867 bits per heavy atom. The van der Waals surface area contributed by atoms with Gasteiger partial charge in [0.25, 0.3) is 0 Å². The van der Waals surface area contributed by atoms with Crippen LogP contribution in [0.15, 0.2) is 36.4 Å². The third kappa shape index (κ3) is 5.74. The maximum Gasteiger partial charge on any atom is 0.185 e. The molecule has 0 atom stereocenters. The molecule has 7 rings (SSSR count). The molecule has 0 amide bonds. The lowest BCUT2D eigenvalue weighted by Crippen LogP contribution is -2.04. The van der Waals surface area contributed by atoms with E-state index in [0.29, 0.717) is 34.0 Å². The summed E-state index contributed by atoms with van der Waals surface area (Å²) in [4.78, 5) is 8.17. The molecule has 13 heteroatoms.